The van der Waals surface area contributed by atoms with Crippen LogP contribution in [0.15, 0.2) is 0 Å². The lowest BCUT2D eigenvalue weighted by Gasteiger charge is -2.19. The number of ether oxygens (including phenoxy) is 2. The number of rotatable bonds is 17. The van der Waals surface area contributed by atoms with Crippen molar-refractivity contribution in [3.63, 3.8) is 0 Å². The van der Waals surface area contributed by atoms with Crippen LogP contribution in [0.2, 0.25) is 0 Å². The predicted octanol–water partition coefficient (Wildman–Crippen LogP) is 0.972. The van der Waals surface area contributed by atoms with Gasteiger partial charge in [0.15, 0.2) is 5.78 Å². The summed E-state index contributed by atoms with van der Waals surface area (Å²) in [6.07, 6.45) is 0.0118. The molecule has 0 fully saturated rings. The average Bonchev–Trinajstić information content (AvgIpc) is 2.66. The minimum Gasteiger partial charge on any atom is -0.380 e. The zero-order chi connectivity index (χ0) is 22.2. The topological polar surface area (TPSA) is 120 Å². The molecule has 4 N–H and O–H groups in total. The van der Waals surface area contributed by atoms with Crippen LogP contribution in [-0.2, 0) is 23.9 Å². The maximum atomic E-state index is 12.5. The van der Waals surface area contributed by atoms with Crippen LogP contribution < -0.4 is 16.4 Å². The molecule has 0 saturated carbocycles. The normalized spacial score (nSPS) is 13.4. The van der Waals surface area contributed by atoms with Gasteiger partial charge < -0.3 is 25.8 Å². The van der Waals surface area contributed by atoms with Crippen molar-refractivity contribution in [2.45, 2.75) is 52.3 Å². The van der Waals surface area contributed by atoms with E-state index in [9.17, 15) is 14.4 Å². The summed E-state index contributed by atoms with van der Waals surface area (Å²) in [5.41, 5.74) is 5.94. The molecule has 0 aliphatic heterocycles. The maximum absolute atomic E-state index is 12.5. The van der Waals surface area contributed by atoms with E-state index in [4.69, 9.17) is 15.2 Å². The van der Waals surface area contributed by atoms with Gasteiger partial charge in [0.05, 0.1) is 24.5 Å². The second-order valence-electron chi connectivity index (χ2n) is 7.50. The van der Waals surface area contributed by atoms with Crippen LogP contribution >= 0.6 is 11.8 Å². The summed E-state index contributed by atoms with van der Waals surface area (Å²) in [4.78, 5) is 36.7. The molecule has 170 valence electrons. The number of hydrogen-bond donors (Lipinski definition) is 3. The SMILES string of the molecule is CCOCCNC(=O)C(CC(=O)NCCOCC(C)C)SCC(N)C(=O)C(C)C. The molecule has 29 heavy (non-hydrogen) atoms. The summed E-state index contributed by atoms with van der Waals surface area (Å²) in [5, 5.41) is 4.91. The Morgan fingerprint density at radius 2 is 1.62 bits per heavy atom. The first-order chi connectivity index (χ1) is 13.7. The Morgan fingerprint density at radius 1 is 1.00 bits per heavy atom. The number of carbonyl (C=O) groups excluding carboxylic acids is 3. The highest BCUT2D eigenvalue weighted by Gasteiger charge is 2.25. The molecule has 0 aliphatic rings. The largest absolute Gasteiger partial charge is 0.380 e. The Kier molecular flexibility index (Phi) is 16.0. The number of ketones is 1. The van der Waals surface area contributed by atoms with Crippen molar-refractivity contribution in [3.8, 4) is 0 Å². The second kappa shape index (κ2) is 16.6. The zero-order valence-corrected chi connectivity index (χ0v) is 19.3. The molecule has 9 heteroatoms. The smallest absolute Gasteiger partial charge is 0.233 e. The predicted molar refractivity (Wildman–Crippen MR) is 117 cm³/mol. The van der Waals surface area contributed by atoms with Gasteiger partial charge in [0, 0.05) is 44.4 Å². The van der Waals surface area contributed by atoms with E-state index < -0.39 is 11.3 Å². The average molecular weight is 434 g/mol. The van der Waals surface area contributed by atoms with Gasteiger partial charge in [-0.25, -0.2) is 0 Å². The summed E-state index contributed by atoms with van der Waals surface area (Å²) < 4.78 is 10.6. The molecular weight excluding hydrogens is 394 g/mol. The Morgan fingerprint density at radius 3 is 2.21 bits per heavy atom. The van der Waals surface area contributed by atoms with E-state index in [1.165, 1.54) is 11.8 Å². The number of amides is 2. The molecule has 2 amide bonds. The standard InChI is InChI=1S/C20H39N3O5S/c1-6-27-9-8-23-20(26)17(29-13-16(21)19(25)15(4)5)11-18(24)22-7-10-28-12-14(2)3/h14-17H,6-13,21H2,1-5H3,(H,22,24)(H,23,26). The quantitative estimate of drug-likeness (QED) is 0.292. The number of thioether (sulfide) groups is 1. The third-order valence-corrected chi connectivity index (χ3v) is 5.18. The molecule has 0 bridgehead atoms. The van der Waals surface area contributed by atoms with Crippen LogP contribution in [0.4, 0.5) is 0 Å². The molecule has 0 radical (unpaired) electrons. The fraction of sp³-hybridized carbons (Fsp3) is 0.850. The molecule has 0 saturated heterocycles. The van der Waals surface area contributed by atoms with E-state index in [0.29, 0.717) is 45.4 Å². The minimum atomic E-state index is -0.661. The first kappa shape index (κ1) is 27.8. The molecule has 2 unspecified atom stereocenters. The number of hydrogen-bond acceptors (Lipinski definition) is 7. The maximum Gasteiger partial charge on any atom is 0.233 e. The molecule has 0 heterocycles. The van der Waals surface area contributed by atoms with E-state index in [0.717, 1.165) is 0 Å². The molecule has 0 aliphatic carbocycles. The van der Waals surface area contributed by atoms with Crippen LogP contribution in [0.1, 0.15) is 41.0 Å². The number of nitrogens with two attached hydrogens (primary N) is 1. The van der Waals surface area contributed by atoms with Crippen LogP contribution in [0, 0.1) is 11.8 Å². The Bertz CT molecular complexity index is 489. The van der Waals surface area contributed by atoms with Crippen molar-refractivity contribution in [2.24, 2.45) is 17.6 Å². The number of nitrogens with one attached hydrogen (secondary N) is 2. The van der Waals surface area contributed by atoms with Gasteiger partial charge in [0.2, 0.25) is 11.8 Å². The molecule has 0 aromatic carbocycles. The van der Waals surface area contributed by atoms with Gasteiger partial charge in [0.1, 0.15) is 0 Å². The summed E-state index contributed by atoms with van der Waals surface area (Å²) in [6.45, 7) is 12.4. The zero-order valence-electron chi connectivity index (χ0n) is 18.5. The van der Waals surface area contributed by atoms with E-state index in [1.54, 1.807) is 13.8 Å². The van der Waals surface area contributed by atoms with E-state index >= 15 is 0 Å². The van der Waals surface area contributed by atoms with Gasteiger partial charge in [-0.3, -0.25) is 14.4 Å². The third kappa shape index (κ3) is 14.5. The van der Waals surface area contributed by atoms with Gasteiger partial charge >= 0.3 is 0 Å². The lowest BCUT2D eigenvalue weighted by Crippen LogP contribution is -2.41. The lowest BCUT2D eigenvalue weighted by molar-refractivity contribution is -0.126. The Hall–Kier alpha value is -1.16. The van der Waals surface area contributed by atoms with Gasteiger partial charge in [-0.15, -0.1) is 11.8 Å². The van der Waals surface area contributed by atoms with Gasteiger partial charge in [-0.2, -0.15) is 0 Å². The van der Waals surface area contributed by atoms with Gasteiger partial charge in [-0.1, -0.05) is 27.7 Å². The highest BCUT2D eigenvalue weighted by atomic mass is 32.2. The molecule has 0 aromatic heterocycles. The van der Waals surface area contributed by atoms with Crippen molar-refractivity contribution in [1.29, 1.82) is 0 Å². The van der Waals surface area contributed by atoms with Gasteiger partial charge in [-0.05, 0) is 12.8 Å². The fourth-order valence-electron chi connectivity index (χ4n) is 2.28. The number of carbonyl (C=O) groups is 3. The molecule has 8 nitrogen and oxygen atoms in total. The lowest BCUT2D eigenvalue weighted by atomic mass is 10.0. The van der Waals surface area contributed by atoms with Crippen LogP contribution in [0.5, 0.6) is 0 Å². The highest BCUT2D eigenvalue weighted by Crippen LogP contribution is 2.17. The van der Waals surface area contributed by atoms with Crippen molar-refractivity contribution in [3.05, 3.63) is 0 Å². The van der Waals surface area contributed by atoms with Gasteiger partial charge in [0.25, 0.3) is 0 Å². The van der Waals surface area contributed by atoms with E-state index in [-0.39, 0.29) is 35.7 Å². The summed E-state index contributed by atoms with van der Waals surface area (Å²) in [7, 11) is 0. The Balaban J connectivity index is 4.58. The monoisotopic (exact) mass is 433 g/mol. The molecule has 0 aromatic rings. The summed E-state index contributed by atoms with van der Waals surface area (Å²) in [6, 6.07) is -0.661. The van der Waals surface area contributed by atoms with E-state index in [2.05, 4.69) is 24.5 Å². The van der Waals surface area contributed by atoms with E-state index in [1.807, 2.05) is 6.92 Å². The van der Waals surface area contributed by atoms with Crippen molar-refractivity contribution >= 4 is 29.4 Å². The van der Waals surface area contributed by atoms with Crippen molar-refractivity contribution in [2.75, 3.05) is 45.3 Å². The second-order valence-corrected chi connectivity index (χ2v) is 8.73. The fourth-order valence-corrected chi connectivity index (χ4v) is 3.39. The van der Waals surface area contributed by atoms with Crippen molar-refractivity contribution < 1.29 is 23.9 Å². The summed E-state index contributed by atoms with van der Waals surface area (Å²) in [5.74, 6) is -0.00206. The Labute approximate surface area is 179 Å². The summed E-state index contributed by atoms with van der Waals surface area (Å²) >= 11 is 1.23. The molecular formula is C20H39N3O5S. The first-order valence-corrected chi connectivity index (χ1v) is 11.3. The van der Waals surface area contributed by atoms with Crippen LogP contribution in [0.25, 0.3) is 0 Å². The van der Waals surface area contributed by atoms with Crippen LogP contribution in [-0.4, -0.2) is 74.2 Å². The molecule has 0 spiro atoms. The molecule has 0 rings (SSSR count). The van der Waals surface area contributed by atoms with Crippen LogP contribution in [0.3, 0.4) is 0 Å². The first-order valence-electron chi connectivity index (χ1n) is 10.3. The number of Topliss-reactive ketones (excluding diaryl/α,β-unsaturated/α-hetero) is 1. The van der Waals surface area contributed by atoms with Crippen molar-refractivity contribution in [1.82, 2.24) is 10.6 Å². The highest BCUT2D eigenvalue weighted by molar-refractivity contribution is 8.00. The molecule has 2 atom stereocenters. The third-order valence-electron chi connectivity index (χ3n) is 3.84. The minimum absolute atomic E-state index is 0.0118.